The Labute approximate surface area is 120 Å². The van der Waals surface area contributed by atoms with E-state index in [9.17, 15) is 14.7 Å². The maximum atomic E-state index is 12.5. The van der Waals surface area contributed by atoms with Crippen LogP contribution in [0.4, 0.5) is 0 Å². The molecular formula is C15H26N2O3. The van der Waals surface area contributed by atoms with E-state index >= 15 is 0 Å². The second-order valence-corrected chi connectivity index (χ2v) is 6.59. The minimum Gasteiger partial charge on any atom is -0.480 e. The van der Waals surface area contributed by atoms with Crippen LogP contribution in [0.5, 0.6) is 0 Å². The van der Waals surface area contributed by atoms with Crippen molar-refractivity contribution in [3.05, 3.63) is 0 Å². The Kier molecular flexibility index (Phi) is 4.68. The van der Waals surface area contributed by atoms with Gasteiger partial charge in [-0.1, -0.05) is 13.8 Å². The van der Waals surface area contributed by atoms with Crippen molar-refractivity contribution in [2.75, 3.05) is 13.1 Å². The Hall–Kier alpha value is -1.10. The Bertz CT molecular complexity index is 375. The molecule has 5 heteroatoms. The van der Waals surface area contributed by atoms with E-state index in [0.29, 0.717) is 12.0 Å². The minimum atomic E-state index is -0.841. The summed E-state index contributed by atoms with van der Waals surface area (Å²) >= 11 is 0. The van der Waals surface area contributed by atoms with Crippen LogP contribution in [-0.2, 0) is 9.59 Å². The number of rotatable bonds is 8. The number of carboxylic acid groups (broad SMARTS) is 1. The van der Waals surface area contributed by atoms with Gasteiger partial charge in [-0.15, -0.1) is 0 Å². The molecule has 0 saturated heterocycles. The summed E-state index contributed by atoms with van der Waals surface area (Å²) in [4.78, 5) is 27.5. The van der Waals surface area contributed by atoms with Crippen LogP contribution in [0.2, 0.25) is 0 Å². The van der Waals surface area contributed by atoms with Gasteiger partial charge in [-0.2, -0.15) is 0 Å². The SMILES string of the molecule is CC(C)CN(C(=O)CN(C1CC1)C(C)C(=O)O)C1CC1. The van der Waals surface area contributed by atoms with Crippen molar-refractivity contribution < 1.29 is 14.7 Å². The molecule has 0 radical (unpaired) electrons. The molecule has 114 valence electrons. The molecule has 1 atom stereocenters. The number of carbonyl (C=O) groups is 2. The van der Waals surface area contributed by atoms with Crippen LogP contribution in [0.15, 0.2) is 0 Å². The molecule has 0 spiro atoms. The molecule has 2 saturated carbocycles. The summed E-state index contributed by atoms with van der Waals surface area (Å²) in [6.07, 6.45) is 4.21. The summed E-state index contributed by atoms with van der Waals surface area (Å²) in [5.41, 5.74) is 0. The first-order valence-electron chi connectivity index (χ1n) is 7.68. The van der Waals surface area contributed by atoms with Gasteiger partial charge in [0.25, 0.3) is 0 Å². The number of aliphatic carboxylic acids is 1. The lowest BCUT2D eigenvalue weighted by atomic mass is 10.2. The Morgan fingerprint density at radius 1 is 1.10 bits per heavy atom. The Morgan fingerprint density at radius 3 is 2.05 bits per heavy atom. The van der Waals surface area contributed by atoms with Crippen molar-refractivity contribution in [1.29, 1.82) is 0 Å². The number of carboxylic acids is 1. The third-order valence-electron chi connectivity index (χ3n) is 4.06. The zero-order valence-electron chi connectivity index (χ0n) is 12.7. The highest BCUT2D eigenvalue weighted by Gasteiger charge is 2.39. The molecule has 1 N–H and O–H groups in total. The van der Waals surface area contributed by atoms with E-state index in [1.165, 1.54) is 0 Å². The second-order valence-electron chi connectivity index (χ2n) is 6.59. The quantitative estimate of drug-likeness (QED) is 0.734. The number of carbonyl (C=O) groups excluding carboxylic acids is 1. The predicted octanol–water partition coefficient (Wildman–Crippen LogP) is 1.57. The smallest absolute Gasteiger partial charge is 0.320 e. The van der Waals surface area contributed by atoms with Crippen molar-refractivity contribution in [3.8, 4) is 0 Å². The third-order valence-corrected chi connectivity index (χ3v) is 4.06. The van der Waals surface area contributed by atoms with Gasteiger partial charge in [-0.05, 0) is 38.5 Å². The number of hydrogen-bond donors (Lipinski definition) is 1. The highest BCUT2D eigenvalue weighted by Crippen LogP contribution is 2.31. The van der Waals surface area contributed by atoms with Crippen molar-refractivity contribution in [1.82, 2.24) is 9.80 Å². The average Bonchev–Trinajstić information content (AvgIpc) is 3.24. The van der Waals surface area contributed by atoms with E-state index in [-0.39, 0.29) is 18.5 Å². The molecule has 0 heterocycles. The molecule has 1 amide bonds. The molecule has 0 aliphatic heterocycles. The summed E-state index contributed by atoms with van der Waals surface area (Å²) in [7, 11) is 0. The summed E-state index contributed by atoms with van der Waals surface area (Å²) in [5, 5.41) is 9.18. The van der Waals surface area contributed by atoms with Gasteiger partial charge in [0.2, 0.25) is 5.91 Å². The third kappa shape index (κ3) is 3.95. The monoisotopic (exact) mass is 282 g/mol. The molecule has 0 aromatic heterocycles. The van der Waals surface area contributed by atoms with Gasteiger partial charge in [0.15, 0.2) is 0 Å². The lowest BCUT2D eigenvalue weighted by molar-refractivity contribution is -0.144. The van der Waals surface area contributed by atoms with Gasteiger partial charge < -0.3 is 10.0 Å². The molecule has 2 aliphatic carbocycles. The molecule has 0 aromatic rings. The number of hydrogen-bond acceptors (Lipinski definition) is 3. The van der Waals surface area contributed by atoms with Crippen LogP contribution in [0.3, 0.4) is 0 Å². The average molecular weight is 282 g/mol. The van der Waals surface area contributed by atoms with E-state index in [4.69, 9.17) is 0 Å². The first kappa shape index (κ1) is 15.3. The van der Waals surface area contributed by atoms with Crippen molar-refractivity contribution in [2.45, 2.75) is 64.6 Å². The van der Waals surface area contributed by atoms with E-state index in [0.717, 1.165) is 32.2 Å². The second kappa shape index (κ2) is 6.12. The lowest BCUT2D eigenvalue weighted by Gasteiger charge is -2.30. The van der Waals surface area contributed by atoms with Gasteiger partial charge in [0.1, 0.15) is 6.04 Å². The molecule has 5 nitrogen and oxygen atoms in total. The molecule has 2 rings (SSSR count). The fourth-order valence-electron chi connectivity index (χ4n) is 2.61. The molecular weight excluding hydrogens is 256 g/mol. The van der Waals surface area contributed by atoms with Gasteiger partial charge >= 0.3 is 5.97 Å². The van der Waals surface area contributed by atoms with Crippen LogP contribution in [0, 0.1) is 5.92 Å². The molecule has 0 aromatic carbocycles. The summed E-state index contributed by atoms with van der Waals surface area (Å²) < 4.78 is 0. The lowest BCUT2D eigenvalue weighted by Crippen LogP contribution is -2.48. The van der Waals surface area contributed by atoms with Crippen LogP contribution < -0.4 is 0 Å². The van der Waals surface area contributed by atoms with E-state index in [1.807, 2.05) is 9.80 Å². The molecule has 0 bridgehead atoms. The number of nitrogens with zero attached hydrogens (tertiary/aromatic N) is 2. The fraction of sp³-hybridized carbons (Fsp3) is 0.867. The van der Waals surface area contributed by atoms with Gasteiger partial charge in [-0.25, -0.2) is 0 Å². The standard InChI is InChI=1S/C15H26N2O3/c1-10(2)8-17(13-6-7-13)14(18)9-16(12-4-5-12)11(3)15(19)20/h10-13H,4-9H2,1-3H3,(H,19,20). The largest absolute Gasteiger partial charge is 0.480 e. The van der Waals surface area contributed by atoms with Gasteiger partial charge in [-0.3, -0.25) is 14.5 Å². The molecule has 2 aliphatic rings. The fourth-order valence-corrected chi connectivity index (χ4v) is 2.61. The highest BCUT2D eigenvalue weighted by molar-refractivity contribution is 5.80. The zero-order valence-corrected chi connectivity index (χ0v) is 12.7. The van der Waals surface area contributed by atoms with Crippen LogP contribution >= 0.6 is 0 Å². The first-order valence-corrected chi connectivity index (χ1v) is 7.68. The Morgan fingerprint density at radius 2 is 1.65 bits per heavy atom. The van der Waals surface area contributed by atoms with E-state index in [2.05, 4.69) is 13.8 Å². The van der Waals surface area contributed by atoms with E-state index in [1.54, 1.807) is 6.92 Å². The summed E-state index contributed by atoms with van der Waals surface area (Å²) in [5.74, 6) is -0.293. The van der Waals surface area contributed by atoms with Crippen molar-refractivity contribution in [2.24, 2.45) is 5.92 Å². The topological polar surface area (TPSA) is 60.9 Å². The molecule has 2 fully saturated rings. The summed E-state index contributed by atoms with van der Waals surface area (Å²) in [6.45, 7) is 6.94. The normalized spacial score (nSPS) is 20.2. The van der Waals surface area contributed by atoms with Gasteiger partial charge in [0.05, 0.1) is 6.54 Å². The summed E-state index contributed by atoms with van der Waals surface area (Å²) in [6, 6.07) is 0.0998. The Balaban J connectivity index is 1.97. The van der Waals surface area contributed by atoms with E-state index < -0.39 is 12.0 Å². The zero-order chi connectivity index (χ0) is 14.9. The maximum Gasteiger partial charge on any atom is 0.320 e. The minimum absolute atomic E-state index is 0.0983. The maximum absolute atomic E-state index is 12.5. The number of amides is 1. The van der Waals surface area contributed by atoms with Gasteiger partial charge in [0, 0.05) is 18.6 Å². The molecule has 1 unspecified atom stereocenters. The predicted molar refractivity (Wildman–Crippen MR) is 76.4 cm³/mol. The van der Waals surface area contributed by atoms with Crippen LogP contribution in [0.25, 0.3) is 0 Å². The molecule has 20 heavy (non-hydrogen) atoms. The van der Waals surface area contributed by atoms with Crippen LogP contribution in [0.1, 0.15) is 46.5 Å². The van der Waals surface area contributed by atoms with Crippen molar-refractivity contribution in [3.63, 3.8) is 0 Å². The highest BCUT2D eigenvalue weighted by atomic mass is 16.4. The first-order chi connectivity index (χ1) is 9.40. The van der Waals surface area contributed by atoms with Crippen LogP contribution in [-0.4, -0.2) is 58.0 Å². The van der Waals surface area contributed by atoms with Crippen molar-refractivity contribution >= 4 is 11.9 Å².